The molecule has 1 aliphatic heterocycles. The Kier molecular flexibility index (Phi) is 7.01. The van der Waals surface area contributed by atoms with Gasteiger partial charge in [0.05, 0.1) is 6.10 Å². The molecule has 96 valence electrons. The summed E-state index contributed by atoms with van der Waals surface area (Å²) in [5.74, 6) is 0. The molecule has 0 aromatic rings. The lowest BCUT2D eigenvalue weighted by molar-refractivity contribution is -0.168. The molecular formula is C13H27NO2. The number of likely N-dealkylation sites (tertiary alicyclic amines) is 1. The van der Waals surface area contributed by atoms with E-state index < -0.39 is 0 Å². The Morgan fingerprint density at radius 3 is 2.69 bits per heavy atom. The van der Waals surface area contributed by atoms with Crippen LogP contribution in [-0.4, -0.2) is 43.5 Å². The van der Waals surface area contributed by atoms with Gasteiger partial charge in [-0.1, -0.05) is 20.8 Å². The fourth-order valence-electron chi connectivity index (χ4n) is 2.14. The predicted octanol–water partition coefficient (Wildman–Crippen LogP) is 2.65. The van der Waals surface area contributed by atoms with Crippen LogP contribution in [0.25, 0.3) is 0 Å². The van der Waals surface area contributed by atoms with Crippen molar-refractivity contribution in [2.24, 2.45) is 0 Å². The lowest BCUT2D eigenvalue weighted by atomic mass is 10.3. The van der Waals surface area contributed by atoms with E-state index in [9.17, 15) is 0 Å². The Labute approximate surface area is 100 Å². The molecule has 1 saturated heterocycles. The van der Waals surface area contributed by atoms with Gasteiger partial charge in [0.2, 0.25) is 0 Å². The highest BCUT2D eigenvalue weighted by Gasteiger charge is 2.24. The third-order valence-electron chi connectivity index (χ3n) is 2.95. The zero-order valence-electron chi connectivity index (χ0n) is 11.1. The van der Waals surface area contributed by atoms with Crippen LogP contribution in [-0.2, 0) is 9.47 Å². The van der Waals surface area contributed by atoms with E-state index in [-0.39, 0.29) is 6.29 Å². The lowest BCUT2D eigenvalue weighted by Gasteiger charge is -2.21. The van der Waals surface area contributed by atoms with Crippen LogP contribution in [0.1, 0.15) is 46.5 Å². The Morgan fingerprint density at radius 1 is 1.25 bits per heavy atom. The van der Waals surface area contributed by atoms with Crippen molar-refractivity contribution in [3.63, 3.8) is 0 Å². The minimum atomic E-state index is 0.00604. The number of nitrogens with zero attached hydrogens (tertiary/aromatic N) is 1. The van der Waals surface area contributed by atoms with Crippen LogP contribution < -0.4 is 0 Å². The smallest absolute Gasteiger partial charge is 0.157 e. The van der Waals surface area contributed by atoms with E-state index >= 15 is 0 Å². The Balaban J connectivity index is 2.20. The first kappa shape index (κ1) is 13.9. The third-order valence-corrected chi connectivity index (χ3v) is 2.95. The second kappa shape index (κ2) is 8.04. The molecule has 0 radical (unpaired) electrons. The molecule has 16 heavy (non-hydrogen) atoms. The molecule has 1 fully saturated rings. The largest absolute Gasteiger partial charge is 0.353 e. The molecule has 0 N–H and O–H groups in total. The highest BCUT2D eigenvalue weighted by Crippen LogP contribution is 2.16. The molecule has 1 aliphatic rings. The van der Waals surface area contributed by atoms with Crippen LogP contribution in [0.4, 0.5) is 0 Å². The van der Waals surface area contributed by atoms with Gasteiger partial charge in [-0.05, 0) is 32.2 Å². The molecule has 0 spiro atoms. The standard InChI is InChI=1S/C13H27NO2/c1-4-8-14-9-7-12(11-14)16-13(6-3)15-10-5-2/h12-13H,4-11H2,1-3H3. The average molecular weight is 229 g/mol. The van der Waals surface area contributed by atoms with Gasteiger partial charge in [0.25, 0.3) is 0 Å². The Bertz CT molecular complexity index is 175. The Hall–Kier alpha value is -0.120. The van der Waals surface area contributed by atoms with E-state index in [4.69, 9.17) is 9.47 Å². The van der Waals surface area contributed by atoms with Gasteiger partial charge in [0.1, 0.15) is 0 Å². The van der Waals surface area contributed by atoms with Crippen LogP contribution in [0.3, 0.4) is 0 Å². The van der Waals surface area contributed by atoms with Crippen molar-refractivity contribution in [1.29, 1.82) is 0 Å². The fraction of sp³-hybridized carbons (Fsp3) is 1.00. The number of rotatable bonds is 8. The van der Waals surface area contributed by atoms with E-state index in [1.54, 1.807) is 0 Å². The topological polar surface area (TPSA) is 21.7 Å². The van der Waals surface area contributed by atoms with Crippen LogP contribution in [0, 0.1) is 0 Å². The van der Waals surface area contributed by atoms with Crippen LogP contribution in [0.5, 0.6) is 0 Å². The summed E-state index contributed by atoms with van der Waals surface area (Å²) in [6.45, 7) is 10.8. The number of ether oxygens (including phenoxy) is 2. The lowest BCUT2D eigenvalue weighted by Crippen LogP contribution is -2.28. The Morgan fingerprint density at radius 2 is 2.06 bits per heavy atom. The monoisotopic (exact) mass is 229 g/mol. The van der Waals surface area contributed by atoms with Gasteiger partial charge in [-0.3, -0.25) is 0 Å². The molecule has 0 aromatic heterocycles. The first-order chi connectivity index (χ1) is 7.80. The molecule has 0 saturated carbocycles. The molecule has 0 aliphatic carbocycles. The summed E-state index contributed by atoms with van der Waals surface area (Å²) in [5.41, 5.74) is 0. The summed E-state index contributed by atoms with van der Waals surface area (Å²) in [6, 6.07) is 0. The zero-order valence-corrected chi connectivity index (χ0v) is 11.1. The summed E-state index contributed by atoms with van der Waals surface area (Å²) in [5, 5.41) is 0. The second-order valence-corrected chi connectivity index (χ2v) is 4.56. The maximum Gasteiger partial charge on any atom is 0.157 e. The minimum Gasteiger partial charge on any atom is -0.353 e. The van der Waals surface area contributed by atoms with Gasteiger partial charge < -0.3 is 14.4 Å². The van der Waals surface area contributed by atoms with Crippen molar-refractivity contribution in [3.8, 4) is 0 Å². The molecule has 2 unspecified atom stereocenters. The number of hydrogen-bond donors (Lipinski definition) is 0. The van der Waals surface area contributed by atoms with Crippen molar-refractivity contribution in [1.82, 2.24) is 4.90 Å². The molecule has 1 rings (SSSR count). The molecule has 0 aromatic carbocycles. The van der Waals surface area contributed by atoms with Crippen molar-refractivity contribution >= 4 is 0 Å². The minimum absolute atomic E-state index is 0.00604. The van der Waals surface area contributed by atoms with Gasteiger partial charge in [-0.2, -0.15) is 0 Å². The van der Waals surface area contributed by atoms with Gasteiger partial charge >= 0.3 is 0 Å². The molecular weight excluding hydrogens is 202 g/mol. The van der Waals surface area contributed by atoms with E-state index in [2.05, 4.69) is 25.7 Å². The maximum atomic E-state index is 5.98. The predicted molar refractivity (Wildman–Crippen MR) is 66.5 cm³/mol. The first-order valence-corrected chi connectivity index (χ1v) is 6.79. The molecule has 0 amide bonds. The quantitative estimate of drug-likeness (QED) is 0.597. The maximum absolute atomic E-state index is 5.98. The molecule has 2 atom stereocenters. The first-order valence-electron chi connectivity index (χ1n) is 6.79. The average Bonchev–Trinajstić information content (AvgIpc) is 2.72. The van der Waals surface area contributed by atoms with E-state index in [1.165, 1.54) is 19.5 Å². The molecule has 0 bridgehead atoms. The summed E-state index contributed by atoms with van der Waals surface area (Å²) >= 11 is 0. The molecule has 3 heteroatoms. The van der Waals surface area contributed by atoms with E-state index in [1.807, 2.05) is 0 Å². The van der Waals surface area contributed by atoms with Gasteiger partial charge in [-0.15, -0.1) is 0 Å². The van der Waals surface area contributed by atoms with Crippen LogP contribution in [0.15, 0.2) is 0 Å². The zero-order chi connectivity index (χ0) is 11.8. The highest BCUT2D eigenvalue weighted by molar-refractivity contribution is 4.75. The van der Waals surface area contributed by atoms with Gasteiger partial charge in [0, 0.05) is 19.7 Å². The van der Waals surface area contributed by atoms with Crippen molar-refractivity contribution in [2.75, 3.05) is 26.2 Å². The SMILES string of the molecule is CCCOC(CC)OC1CCN(CCC)C1. The van der Waals surface area contributed by atoms with Crippen LogP contribution >= 0.6 is 0 Å². The fourth-order valence-corrected chi connectivity index (χ4v) is 2.14. The van der Waals surface area contributed by atoms with Crippen molar-refractivity contribution < 1.29 is 9.47 Å². The summed E-state index contributed by atoms with van der Waals surface area (Å²) < 4.78 is 11.6. The van der Waals surface area contributed by atoms with Gasteiger partial charge in [0.15, 0.2) is 6.29 Å². The van der Waals surface area contributed by atoms with Crippen molar-refractivity contribution in [3.05, 3.63) is 0 Å². The second-order valence-electron chi connectivity index (χ2n) is 4.56. The van der Waals surface area contributed by atoms with Crippen LogP contribution in [0.2, 0.25) is 0 Å². The summed E-state index contributed by atoms with van der Waals surface area (Å²) in [6.07, 6.45) is 4.79. The third kappa shape index (κ3) is 4.81. The molecule has 3 nitrogen and oxygen atoms in total. The highest BCUT2D eigenvalue weighted by atomic mass is 16.7. The van der Waals surface area contributed by atoms with Crippen molar-refractivity contribution in [2.45, 2.75) is 58.8 Å². The number of hydrogen-bond acceptors (Lipinski definition) is 3. The van der Waals surface area contributed by atoms with E-state index in [0.29, 0.717) is 6.10 Å². The van der Waals surface area contributed by atoms with Gasteiger partial charge in [-0.25, -0.2) is 0 Å². The normalized spacial score (nSPS) is 23.8. The van der Waals surface area contributed by atoms with E-state index in [0.717, 1.165) is 32.4 Å². The molecule has 1 heterocycles. The summed E-state index contributed by atoms with van der Waals surface area (Å²) in [7, 11) is 0. The summed E-state index contributed by atoms with van der Waals surface area (Å²) in [4.78, 5) is 2.48.